The van der Waals surface area contributed by atoms with Crippen LogP contribution in [0.2, 0.25) is 0 Å². The van der Waals surface area contributed by atoms with E-state index in [1.807, 2.05) is 0 Å². The Morgan fingerprint density at radius 3 is 2.53 bits per heavy atom. The monoisotopic (exact) mass is 215 g/mol. The summed E-state index contributed by atoms with van der Waals surface area (Å²) in [5.74, 6) is 0. The summed E-state index contributed by atoms with van der Waals surface area (Å²) >= 11 is 0. The molecule has 0 aromatic heterocycles. The lowest BCUT2D eigenvalue weighted by Gasteiger charge is -2.29. The molecular formula is C11H21NO3. The molecule has 1 heterocycles. The summed E-state index contributed by atoms with van der Waals surface area (Å²) < 4.78 is 5.18. The molecule has 3 N–H and O–H groups in total. The first-order chi connectivity index (χ1) is 7.26. The standard InChI is InChI=1S/C11H21NO3/c13-8-11(3-1-2-4-11)7-12-9-5-15-6-10(9)14/h9-10,12-14H,1-8H2. The van der Waals surface area contributed by atoms with Gasteiger partial charge in [0.1, 0.15) is 0 Å². The van der Waals surface area contributed by atoms with E-state index in [9.17, 15) is 10.2 Å². The quantitative estimate of drug-likeness (QED) is 0.612. The predicted octanol–water partition coefficient (Wildman–Crippen LogP) is -0.112. The van der Waals surface area contributed by atoms with Crippen LogP contribution in [0.15, 0.2) is 0 Å². The van der Waals surface area contributed by atoms with E-state index in [4.69, 9.17) is 4.74 Å². The van der Waals surface area contributed by atoms with Crippen LogP contribution in [0.4, 0.5) is 0 Å². The topological polar surface area (TPSA) is 61.7 Å². The second-order valence-electron chi connectivity index (χ2n) is 4.96. The molecule has 1 aliphatic heterocycles. The Kier molecular flexibility index (Phi) is 3.61. The highest BCUT2D eigenvalue weighted by Gasteiger charge is 2.35. The lowest BCUT2D eigenvalue weighted by Crippen LogP contribution is -2.45. The van der Waals surface area contributed by atoms with Crippen LogP contribution >= 0.6 is 0 Å². The summed E-state index contributed by atoms with van der Waals surface area (Å²) in [5.41, 5.74) is 0.0578. The minimum atomic E-state index is -0.387. The lowest BCUT2D eigenvalue weighted by molar-refractivity contribution is 0.106. The van der Waals surface area contributed by atoms with Crippen LogP contribution in [0.25, 0.3) is 0 Å². The number of ether oxygens (including phenoxy) is 1. The molecule has 0 bridgehead atoms. The van der Waals surface area contributed by atoms with E-state index in [1.54, 1.807) is 0 Å². The van der Waals surface area contributed by atoms with Crippen molar-refractivity contribution in [2.24, 2.45) is 5.41 Å². The Hall–Kier alpha value is -0.160. The third-order valence-corrected chi connectivity index (χ3v) is 3.79. The van der Waals surface area contributed by atoms with Crippen molar-refractivity contribution < 1.29 is 14.9 Å². The highest BCUT2D eigenvalue weighted by atomic mass is 16.5. The molecule has 0 aromatic carbocycles. The van der Waals surface area contributed by atoms with Gasteiger partial charge < -0.3 is 20.3 Å². The average Bonchev–Trinajstić information content (AvgIpc) is 2.85. The fraction of sp³-hybridized carbons (Fsp3) is 1.00. The van der Waals surface area contributed by atoms with Crippen molar-refractivity contribution in [3.8, 4) is 0 Å². The summed E-state index contributed by atoms with van der Waals surface area (Å²) in [6.07, 6.45) is 4.24. The molecule has 0 spiro atoms. The number of nitrogens with one attached hydrogen (secondary N) is 1. The zero-order valence-corrected chi connectivity index (χ0v) is 9.11. The molecule has 4 nitrogen and oxygen atoms in total. The first kappa shape index (κ1) is 11.3. The minimum absolute atomic E-state index is 0.0500. The maximum atomic E-state index is 9.57. The van der Waals surface area contributed by atoms with E-state index >= 15 is 0 Å². The largest absolute Gasteiger partial charge is 0.396 e. The van der Waals surface area contributed by atoms with Gasteiger partial charge in [0.15, 0.2) is 0 Å². The second-order valence-corrected chi connectivity index (χ2v) is 4.96. The molecule has 15 heavy (non-hydrogen) atoms. The predicted molar refractivity (Wildman–Crippen MR) is 56.6 cm³/mol. The smallest absolute Gasteiger partial charge is 0.0948 e. The summed E-state index contributed by atoms with van der Waals surface area (Å²) in [6, 6.07) is 0.0500. The van der Waals surface area contributed by atoms with E-state index in [1.165, 1.54) is 12.8 Å². The number of rotatable bonds is 4. The Balaban J connectivity index is 1.80. The van der Waals surface area contributed by atoms with Crippen molar-refractivity contribution >= 4 is 0 Å². The summed E-state index contributed by atoms with van der Waals surface area (Å²) in [4.78, 5) is 0. The van der Waals surface area contributed by atoms with E-state index in [-0.39, 0.29) is 24.2 Å². The van der Waals surface area contributed by atoms with Crippen LogP contribution in [-0.2, 0) is 4.74 Å². The molecular weight excluding hydrogens is 194 g/mol. The fourth-order valence-corrected chi connectivity index (χ4v) is 2.60. The molecule has 88 valence electrons. The van der Waals surface area contributed by atoms with Crippen molar-refractivity contribution in [1.29, 1.82) is 0 Å². The summed E-state index contributed by atoms with van der Waals surface area (Å²) in [7, 11) is 0. The van der Waals surface area contributed by atoms with Crippen LogP contribution in [0.1, 0.15) is 25.7 Å². The molecule has 0 aromatic rings. The summed E-state index contributed by atoms with van der Waals surface area (Å²) in [6.45, 7) is 2.07. The molecule has 2 atom stereocenters. The van der Waals surface area contributed by atoms with Gasteiger partial charge in [0.2, 0.25) is 0 Å². The number of aliphatic hydroxyl groups is 2. The number of aliphatic hydroxyl groups excluding tert-OH is 2. The maximum absolute atomic E-state index is 9.57. The van der Waals surface area contributed by atoms with Gasteiger partial charge in [-0.25, -0.2) is 0 Å². The molecule has 0 amide bonds. The average molecular weight is 215 g/mol. The summed E-state index contributed by atoms with van der Waals surface area (Å²) in [5, 5.41) is 22.3. The first-order valence-electron chi connectivity index (χ1n) is 5.86. The van der Waals surface area contributed by atoms with Gasteiger partial charge in [-0.3, -0.25) is 0 Å². The van der Waals surface area contributed by atoms with E-state index in [0.29, 0.717) is 13.2 Å². The van der Waals surface area contributed by atoms with E-state index in [0.717, 1.165) is 19.4 Å². The Bertz CT molecular complexity index is 204. The van der Waals surface area contributed by atoms with Gasteiger partial charge in [-0.15, -0.1) is 0 Å². The molecule has 1 saturated heterocycles. The van der Waals surface area contributed by atoms with Crippen LogP contribution in [0, 0.1) is 5.41 Å². The van der Waals surface area contributed by atoms with Crippen LogP contribution in [0.5, 0.6) is 0 Å². The first-order valence-corrected chi connectivity index (χ1v) is 5.86. The molecule has 2 rings (SSSR count). The van der Waals surface area contributed by atoms with Crippen molar-refractivity contribution in [3.05, 3.63) is 0 Å². The molecule has 1 aliphatic carbocycles. The van der Waals surface area contributed by atoms with Gasteiger partial charge in [-0.05, 0) is 12.8 Å². The third-order valence-electron chi connectivity index (χ3n) is 3.79. The van der Waals surface area contributed by atoms with Crippen molar-refractivity contribution in [2.75, 3.05) is 26.4 Å². The maximum Gasteiger partial charge on any atom is 0.0948 e. The van der Waals surface area contributed by atoms with Gasteiger partial charge in [0.05, 0.1) is 25.4 Å². The van der Waals surface area contributed by atoms with Gasteiger partial charge in [-0.2, -0.15) is 0 Å². The fourth-order valence-electron chi connectivity index (χ4n) is 2.60. The van der Waals surface area contributed by atoms with Crippen LogP contribution < -0.4 is 5.32 Å². The van der Waals surface area contributed by atoms with Crippen molar-refractivity contribution in [3.63, 3.8) is 0 Å². The van der Waals surface area contributed by atoms with Gasteiger partial charge in [-0.1, -0.05) is 12.8 Å². The highest BCUT2D eigenvalue weighted by Crippen LogP contribution is 2.37. The number of hydrogen-bond donors (Lipinski definition) is 3. The van der Waals surface area contributed by atoms with Gasteiger partial charge >= 0.3 is 0 Å². The molecule has 2 aliphatic rings. The third kappa shape index (κ3) is 2.50. The molecule has 2 fully saturated rings. The SMILES string of the molecule is OCC1(CNC2COCC2O)CCCC1. The number of hydrogen-bond acceptors (Lipinski definition) is 4. The second kappa shape index (κ2) is 4.78. The minimum Gasteiger partial charge on any atom is -0.396 e. The Labute approximate surface area is 90.6 Å². The lowest BCUT2D eigenvalue weighted by atomic mass is 9.87. The Morgan fingerprint density at radius 2 is 2.00 bits per heavy atom. The zero-order valence-electron chi connectivity index (χ0n) is 9.11. The Morgan fingerprint density at radius 1 is 1.27 bits per heavy atom. The van der Waals surface area contributed by atoms with Crippen LogP contribution in [0.3, 0.4) is 0 Å². The van der Waals surface area contributed by atoms with E-state index in [2.05, 4.69) is 5.32 Å². The normalized spacial score (nSPS) is 34.8. The van der Waals surface area contributed by atoms with Crippen molar-refractivity contribution in [1.82, 2.24) is 5.32 Å². The van der Waals surface area contributed by atoms with Gasteiger partial charge in [0, 0.05) is 18.6 Å². The zero-order chi connectivity index (χ0) is 10.7. The molecule has 0 radical (unpaired) electrons. The molecule has 1 saturated carbocycles. The molecule has 4 heteroatoms. The van der Waals surface area contributed by atoms with Gasteiger partial charge in [0.25, 0.3) is 0 Å². The van der Waals surface area contributed by atoms with Crippen molar-refractivity contribution in [2.45, 2.75) is 37.8 Å². The molecule has 2 unspecified atom stereocenters. The van der Waals surface area contributed by atoms with Crippen LogP contribution in [-0.4, -0.2) is 48.7 Å². The highest BCUT2D eigenvalue weighted by molar-refractivity contribution is 4.89. The van der Waals surface area contributed by atoms with E-state index < -0.39 is 0 Å².